The van der Waals surface area contributed by atoms with Gasteiger partial charge < -0.3 is 14.5 Å². The van der Waals surface area contributed by atoms with Gasteiger partial charge in [0.05, 0.1) is 25.3 Å². The molecule has 0 fully saturated rings. The van der Waals surface area contributed by atoms with E-state index in [0.717, 1.165) is 40.6 Å². The molecule has 0 amide bonds. The van der Waals surface area contributed by atoms with Gasteiger partial charge in [-0.3, -0.25) is 4.79 Å². The monoisotopic (exact) mass is 259 g/mol. The van der Waals surface area contributed by atoms with E-state index in [4.69, 9.17) is 9.47 Å². The molecule has 0 spiro atoms. The van der Waals surface area contributed by atoms with Gasteiger partial charge in [-0.25, -0.2) is 0 Å². The number of H-pyrrole nitrogens is 1. The average molecular weight is 259 g/mol. The van der Waals surface area contributed by atoms with E-state index in [1.165, 1.54) is 0 Å². The Hall–Kier alpha value is -1.65. The highest BCUT2D eigenvalue weighted by Gasteiger charge is 2.16. The second-order valence-electron chi connectivity index (χ2n) is 4.80. The van der Waals surface area contributed by atoms with Crippen LogP contribution in [0.2, 0.25) is 0 Å². The molecule has 0 saturated heterocycles. The van der Waals surface area contributed by atoms with Gasteiger partial charge in [-0.2, -0.15) is 0 Å². The lowest BCUT2D eigenvalue weighted by Crippen LogP contribution is -2.22. The Morgan fingerprint density at radius 1 is 1.42 bits per heavy atom. The third kappa shape index (κ3) is 2.17. The summed E-state index contributed by atoms with van der Waals surface area (Å²) in [5.41, 5.74) is 3.98. The number of pyridine rings is 1. The van der Waals surface area contributed by atoms with Gasteiger partial charge in [0.1, 0.15) is 0 Å². The minimum atomic E-state index is 0.0997. The Balaban J connectivity index is 2.20. The van der Waals surface area contributed by atoms with Gasteiger partial charge in [-0.1, -0.05) is 12.1 Å². The topological polar surface area (TPSA) is 51.3 Å². The summed E-state index contributed by atoms with van der Waals surface area (Å²) in [6.45, 7) is 1.75. The lowest BCUT2D eigenvalue weighted by molar-refractivity contribution is 0.108. The summed E-state index contributed by atoms with van der Waals surface area (Å²) in [4.78, 5) is 15.9. The summed E-state index contributed by atoms with van der Waals surface area (Å²) in [5.74, 6) is 0. The summed E-state index contributed by atoms with van der Waals surface area (Å²) in [6, 6.07) is 5.85. The molecule has 0 aliphatic carbocycles. The minimum absolute atomic E-state index is 0.0997. The van der Waals surface area contributed by atoms with Crippen LogP contribution in [-0.4, -0.2) is 25.3 Å². The molecule has 19 heavy (non-hydrogen) atoms. The number of rotatable bonds is 3. The van der Waals surface area contributed by atoms with Crippen LogP contribution in [0.3, 0.4) is 0 Å². The SMILES string of the molecule is COCCc1cccc2c(=O)c3c([nH]c12)CCOC3. The van der Waals surface area contributed by atoms with E-state index in [0.29, 0.717) is 19.8 Å². The minimum Gasteiger partial charge on any atom is -0.384 e. The fraction of sp³-hybridized carbons (Fsp3) is 0.400. The van der Waals surface area contributed by atoms with Gasteiger partial charge in [-0.15, -0.1) is 0 Å². The highest BCUT2D eigenvalue weighted by atomic mass is 16.5. The van der Waals surface area contributed by atoms with Crippen LogP contribution in [0.1, 0.15) is 16.8 Å². The van der Waals surface area contributed by atoms with E-state index in [1.54, 1.807) is 7.11 Å². The molecule has 0 bridgehead atoms. The fourth-order valence-corrected chi connectivity index (χ4v) is 2.60. The predicted molar refractivity (Wildman–Crippen MR) is 73.5 cm³/mol. The third-order valence-corrected chi connectivity index (χ3v) is 3.63. The number of benzene rings is 1. The molecule has 2 heterocycles. The Kier molecular flexibility index (Phi) is 3.36. The summed E-state index contributed by atoms with van der Waals surface area (Å²) in [7, 11) is 1.69. The van der Waals surface area contributed by atoms with Gasteiger partial charge in [0.2, 0.25) is 0 Å². The molecule has 4 heteroatoms. The maximum absolute atomic E-state index is 12.5. The molecule has 1 N–H and O–H groups in total. The molecule has 1 aliphatic heterocycles. The van der Waals surface area contributed by atoms with Crippen molar-refractivity contribution in [1.82, 2.24) is 4.98 Å². The molecule has 1 aromatic carbocycles. The molecule has 0 saturated carbocycles. The van der Waals surface area contributed by atoms with E-state index in [9.17, 15) is 4.79 Å². The van der Waals surface area contributed by atoms with Crippen LogP contribution in [0, 0.1) is 0 Å². The van der Waals surface area contributed by atoms with Crippen LogP contribution in [0.4, 0.5) is 0 Å². The molecule has 1 aliphatic rings. The first-order valence-corrected chi connectivity index (χ1v) is 6.53. The number of fused-ring (bicyclic) bond motifs is 2. The first-order valence-electron chi connectivity index (χ1n) is 6.53. The van der Waals surface area contributed by atoms with E-state index >= 15 is 0 Å². The number of nitrogens with one attached hydrogen (secondary N) is 1. The molecule has 0 atom stereocenters. The molecule has 2 aromatic rings. The van der Waals surface area contributed by atoms with E-state index in [2.05, 4.69) is 4.98 Å². The molecular formula is C15H17NO3. The second-order valence-corrected chi connectivity index (χ2v) is 4.80. The molecule has 1 aromatic heterocycles. The van der Waals surface area contributed by atoms with E-state index in [1.807, 2.05) is 18.2 Å². The van der Waals surface area contributed by atoms with Crippen LogP contribution in [0.25, 0.3) is 10.9 Å². The van der Waals surface area contributed by atoms with Gasteiger partial charge in [0, 0.05) is 30.2 Å². The molecule has 4 nitrogen and oxygen atoms in total. The van der Waals surface area contributed by atoms with Crippen molar-refractivity contribution < 1.29 is 9.47 Å². The Morgan fingerprint density at radius 2 is 2.32 bits per heavy atom. The van der Waals surface area contributed by atoms with Crippen LogP contribution >= 0.6 is 0 Å². The van der Waals surface area contributed by atoms with Gasteiger partial charge in [0.15, 0.2) is 5.43 Å². The smallest absolute Gasteiger partial charge is 0.195 e. The lowest BCUT2D eigenvalue weighted by Gasteiger charge is -2.17. The van der Waals surface area contributed by atoms with Crippen molar-refractivity contribution in [3.05, 3.63) is 45.2 Å². The third-order valence-electron chi connectivity index (χ3n) is 3.63. The second kappa shape index (κ2) is 5.15. The van der Waals surface area contributed by atoms with Gasteiger partial charge in [0.25, 0.3) is 0 Å². The standard InChI is InChI=1S/C15H17NO3/c1-18-7-5-10-3-2-4-11-14(10)16-13-6-8-19-9-12(13)15(11)17/h2-4H,5-9H2,1H3,(H,16,17). The summed E-state index contributed by atoms with van der Waals surface area (Å²) in [6.07, 6.45) is 1.58. The van der Waals surface area contributed by atoms with Crippen LogP contribution < -0.4 is 5.43 Å². The van der Waals surface area contributed by atoms with Gasteiger partial charge in [-0.05, 0) is 18.1 Å². The summed E-state index contributed by atoms with van der Waals surface area (Å²) < 4.78 is 10.5. The number of methoxy groups -OCH3 is 1. The Bertz CT molecular complexity index is 660. The zero-order chi connectivity index (χ0) is 13.2. The van der Waals surface area contributed by atoms with Crippen molar-refractivity contribution in [1.29, 1.82) is 0 Å². The number of hydrogen-bond acceptors (Lipinski definition) is 3. The maximum Gasteiger partial charge on any atom is 0.195 e. The first-order chi connectivity index (χ1) is 9.31. The molecule has 3 rings (SSSR count). The van der Waals surface area contributed by atoms with Crippen LogP contribution in [0.15, 0.2) is 23.0 Å². The van der Waals surface area contributed by atoms with E-state index in [-0.39, 0.29) is 5.43 Å². The zero-order valence-electron chi connectivity index (χ0n) is 11.0. The molecule has 0 radical (unpaired) electrons. The average Bonchev–Trinajstić information content (AvgIpc) is 2.46. The van der Waals surface area contributed by atoms with Crippen molar-refractivity contribution in [3.8, 4) is 0 Å². The maximum atomic E-state index is 12.5. The highest BCUT2D eigenvalue weighted by Crippen LogP contribution is 2.19. The number of aromatic nitrogens is 1. The molecular weight excluding hydrogens is 242 g/mol. The van der Waals surface area contributed by atoms with Gasteiger partial charge >= 0.3 is 0 Å². The number of aromatic amines is 1. The van der Waals surface area contributed by atoms with Crippen LogP contribution in [-0.2, 0) is 28.9 Å². The summed E-state index contributed by atoms with van der Waals surface area (Å²) >= 11 is 0. The highest BCUT2D eigenvalue weighted by molar-refractivity contribution is 5.82. The normalized spacial score (nSPS) is 14.6. The first kappa shape index (κ1) is 12.4. The van der Waals surface area contributed by atoms with Crippen molar-refractivity contribution in [2.75, 3.05) is 20.3 Å². The zero-order valence-corrected chi connectivity index (χ0v) is 11.0. The number of hydrogen-bond donors (Lipinski definition) is 1. The van der Waals surface area contributed by atoms with Crippen LogP contribution in [0.5, 0.6) is 0 Å². The van der Waals surface area contributed by atoms with Crippen molar-refractivity contribution in [3.63, 3.8) is 0 Å². The van der Waals surface area contributed by atoms with Crippen molar-refractivity contribution in [2.45, 2.75) is 19.4 Å². The Labute approximate surface area is 111 Å². The molecule has 0 unspecified atom stereocenters. The molecule has 100 valence electrons. The quantitative estimate of drug-likeness (QED) is 0.914. The number of ether oxygens (including phenoxy) is 2. The summed E-state index contributed by atoms with van der Waals surface area (Å²) in [5, 5.41) is 0.748. The predicted octanol–water partition coefficient (Wildman–Crippen LogP) is 1.79. The van der Waals surface area contributed by atoms with E-state index < -0.39 is 0 Å². The number of para-hydroxylation sites is 1. The largest absolute Gasteiger partial charge is 0.384 e. The van der Waals surface area contributed by atoms with Crippen molar-refractivity contribution in [2.24, 2.45) is 0 Å². The van der Waals surface area contributed by atoms with Crippen molar-refractivity contribution >= 4 is 10.9 Å². The Morgan fingerprint density at radius 3 is 3.16 bits per heavy atom. The fourth-order valence-electron chi connectivity index (χ4n) is 2.60. The lowest BCUT2D eigenvalue weighted by atomic mass is 10.0.